The molecule has 2 aromatic heterocycles. The van der Waals surface area contributed by atoms with Gasteiger partial charge in [-0.2, -0.15) is 0 Å². The minimum absolute atomic E-state index is 0.00942. The molecule has 0 fully saturated rings. The van der Waals surface area contributed by atoms with Crippen molar-refractivity contribution in [3.8, 4) is 0 Å². The number of aromatic nitrogens is 1. The van der Waals surface area contributed by atoms with Crippen LogP contribution in [-0.2, 0) is 14.8 Å². The molecule has 2 heterocycles. The molecular weight excluding hydrogens is 314 g/mol. The predicted octanol–water partition coefficient (Wildman–Crippen LogP) is 1.66. The van der Waals surface area contributed by atoms with Crippen molar-refractivity contribution >= 4 is 33.1 Å². The van der Waals surface area contributed by atoms with Gasteiger partial charge in [-0.05, 0) is 26.0 Å². The Morgan fingerprint density at radius 2 is 2.14 bits per heavy atom. The summed E-state index contributed by atoms with van der Waals surface area (Å²) >= 11 is 1.19. The first kappa shape index (κ1) is 15.7. The summed E-state index contributed by atoms with van der Waals surface area (Å²) in [4.78, 5) is 12.5. The molecule has 0 unspecified atom stereocenters. The molecule has 0 aromatic carbocycles. The van der Waals surface area contributed by atoms with E-state index in [4.69, 9.17) is 4.52 Å². The third-order valence-corrected chi connectivity index (χ3v) is 5.47. The Hall–Kier alpha value is -1.71. The number of hydrogen-bond donors (Lipinski definition) is 2. The third-order valence-electron chi connectivity index (χ3n) is 2.52. The van der Waals surface area contributed by atoms with E-state index in [1.807, 2.05) is 6.92 Å². The Labute approximate surface area is 126 Å². The highest BCUT2D eigenvalue weighted by molar-refractivity contribution is 7.91. The Morgan fingerprint density at radius 3 is 2.71 bits per heavy atom. The van der Waals surface area contributed by atoms with Crippen LogP contribution in [-0.4, -0.2) is 26.0 Å². The van der Waals surface area contributed by atoms with Gasteiger partial charge in [0.25, 0.3) is 0 Å². The molecule has 2 aromatic rings. The maximum Gasteiger partial charge on any atom is 0.250 e. The molecule has 21 heavy (non-hydrogen) atoms. The van der Waals surface area contributed by atoms with Crippen molar-refractivity contribution in [2.75, 3.05) is 11.9 Å². The molecule has 2 N–H and O–H groups in total. The predicted molar refractivity (Wildman–Crippen MR) is 78.7 cm³/mol. The van der Waals surface area contributed by atoms with Crippen LogP contribution >= 0.6 is 11.3 Å². The lowest BCUT2D eigenvalue weighted by atomic mass is 10.4. The van der Waals surface area contributed by atoms with Crippen molar-refractivity contribution in [3.63, 3.8) is 0 Å². The molecule has 2 rings (SSSR count). The van der Waals surface area contributed by atoms with Crippen molar-refractivity contribution in [2.45, 2.75) is 24.5 Å². The second-order valence-corrected chi connectivity index (χ2v) is 7.67. The summed E-state index contributed by atoms with van der Waals surface area (Å²) in [5.41, 5.74) is 0. The molecule has 0 radical (unpaired) electrons. The highest BCUT2D eigenvalue weighted by Gasteiger charge is 2.16. The zero-order valence-electron chi connectivity index (χ0n) is 11.5. The van der Waals surface area contributed by atoms with Gasteiger partial charge >= 0.3 is 0 Å². The van der Waals surface area contributed by atoms with Crippen LogP contribution in [0.5, 0.6) is 0 Å². The molecule has 0 atom stereocenters. The second kappa shape index (κ2) is 6.37. The average molecular weight is 329 g/mol. The van der Waals surface area contributed by atoms with Crippen LogP contribution < -0.4 is 10.0 Å². The van der Waals surface area contributed by atoms with Crippen LogP contribution in [0.1, 0.15) is 17.1 Å². The Balaban J connectivity index is 1.82. The summed E-state index contributed by atoms with van der Waals surface area (Å²) in [5, 5.41) is 6.14. The first-order valence-corrected chi connectivity index (χ1v) is 8.46. The van der Waals surface area contributed by atoms with E-state index in [1.165, 1.54) is 11.3 Å². The van der Waals surface area contributed by atoms with E-state index in [0.29, 0.717) is 11.6 Å². The first-order valence-electron chi connectivity index (χ1n) is 6.16. The third kappa shape index (κ3) is 4.38. The molecule has 0 aliphatic rings. The summed E-state index contributed by atoms with van der Waals surface area (Å²) in [7, 11) is -3.55. The molecule has 0 bridgehead atoms. The number of carbonyl (C=O) groups is 1. The SMILES string of the molecule is Cc1cc(NC(=O)CCNS(=O)(=O)c2ccc(C)s2)no1. The molecular formula is C12H15N3O4S2. The minimum atomic E-state index is -3.55. The summed E-state index contributed by atoms with van der Waals surface area (Å²) < 4.78 is 31.3. The zero-order chi connectivity index (χ0) is 15.5. The number of sulfonamides is 1. The largest absolute Gasteiger partial charge is 0.360 e. The fourth-order valence-electron chi connectivity index (χ4n) is 1.56. The van der Waals surface area contributed by atoms with E-state index < -0.39 is 10.0 Å². The van der Waals surface area contributed by atoms with Crippen LogP contribution in [0.25, 0.3) is 0 Å². The second-order valence-electron chi connectivity index (χ2n) is 4.38. The number of amides is 1. The molecule has 0 spiro atoms. The monoisotopic (exact) mass is 329 g/mol. The van der Waals surface area contributed by atoms with Crippen molar-refractivity contribution in [1.29, 1.82) is 0 Å². The van der Waals surface area contributed by atoms with Gasteiger partial charge < -0.3 is 9.84 Å². The summed E-state index contributed by atoms with van der Waals surface area (Å²) in [6.07, 6.45) is 0.00942. The van der Waals surface area contributed by atoms with Crippen LogP contribution in [0.3, 0.4) is 0 Å². The van der Waals surface area contributed by atoms with E-state index in [9.17, 15) is 13.2 Å². The molecule has 0 saturated carbocycles. The van der Waals surface area contributed by atoms with Crippen molar-refractivity contribution in [2.24, 2.45) is 0 Å². The molecule has 0 aliphatic carbocycles. The van der Waals surface area contributed by atoms with Gasteiger partial charge in [0.2, 0.25) is 15.9 Å². The number of thiophene rings is 1. The van der Waals surface area contributed by atoms with E-state index >= 15 is 0 Å². The van der Waals surface area contributed by atoms with Gasteiger partial charge in [-0.3, -0.25) is 4.79 Å². The van der Waals surface area contributed by atoms with E-state index in [2.05, 4.69) is 15.2 Å². The molecule has 0 saturated heterocycles. The maximum atomic E-state index is 11.9. The Morgan fingerprint density at radius 1 is 1.38 bits per heavy atom. The highest BCUT2D eigenvalue weighted by atomic mass is 32.2. The normalized spacial score (nSPS) is 11.5. The number of nitrogens with zero attached hydrogens (tertiary/aromatic N) is 1. The van der Waals surface area contributed by atoms with Crippen LogP contribution in [0, 0.1) is 13.8 Å². The van der Waals surface area contributed by atoms with Crippen LogP contribution in [0.2, 0.25) is 0 Å². The first-order chi connectivity index (χ1) is 9.87. The van der Waals surface area contributed by atoms with Gasteiger partial charge in [0.15, 0.2) is 5.82 Å². The van der Waals surface area contributed by atoms with Gasteiger partial charge in [-0.1, -0.05) is 5.16 Å². The summed E-state index contributed by atoms with van der Waals surface area (Å²) in [5.74, 6) is 0.557. The van der Waals surface area contributed by atoms with E-state index in [1.54, 1.807) is 25.1 Å². The van der Waals surface area contributed by atoms with E-state index in [-0.39, 0.29) is 23.1 Å². The summed E-state index contributed by atoms with van der Waals surface area (Å²) in [6, 6.07) is 4.86. The number of carbonyl (C=O) groups excluding carboxylic acids is 1. The van der Waals surface area contributed by atoms with Crippen molar-refractivity contribution < 1.29 is 17.7 Å². The van der Waals surface area contributed by atoms with Gasteiger partial charge in [0.05, 0.1) is 0 Å². The highest BCUT2D eigenvalue weighted by Crippen LogP contribution is 2.20. The average Bonchev–Trinajstić information content (AvgIpc) is 2.98. The quantitative estimate of drug-likeness (QED) is 0.839. The number of nitrogens with one attached hydrogen (secondary N) is 2. The molecule has 114 valence electrons. The van der Waals surface area contributed by atoms with Crippen LogP contribution in [0.15, 0.2) is 26.9 Å². The summed E-state index contributed by atoms with van der Waals surface area (Å²) in [6.45, 7) is 3.55. The number of hydrogen-bond acceptors (Lipinski definition) is 6. The molecule has 9 heteroatoms. The maximum absolute atomic E-state index is 11.9. The Bertz CT molecular complexity index is 733. The van der Waals surface area contributed by atoms with Gasteiger partial charge in [-0.15, -0.1) is 11.3 Å². The topological polar surface area (TPSA) is 101 Å². The Kier molecular flexibility index (Phi) is 4.76. The standard InChI is InChI=1S/C12H15N3O4S2/c1-8-7-10(15-19-8)14-11(16)5-6-13-21(17,18)12-4-3-9(2)20-12/h3-4,7,13H,5-6H2,1-2H3,(H,14,15,16). The number of aryl methyl sites for hydroxylation is 2. The lowest BCUT2D eigenvalue weighted by Gasteiger charge is -2.04. The molecule has 7 nitrogen and oxygen atoms in total. The fraction of sp³-hybridized carbons (Fsp3) is 0.333. The number of anilines is 1. The zero-order valence-corrected chi connectivity index (χ0v) is 13.2. The fourth-order valence-corrected chi connectivity index (χ4v) is 3.92. The number of rotatable bonds is 6. The van der Waals surface area contributed by atoms with Crippen molar-refractivity contribution in [3.05, 3.63) is 28.8 Å². The van der Waals surface area contributed by atoms with Crippen molar-refractivity contribution in [1.82, 2.24) is 9.88 Å². The van der Waals surface area contributed by atoms with Crippen LogP contribution in [0.4, 0.5) is 5.82 Å². The van der Waals surface area contributed by atoms with Gasteiger partial charge in [-0.25, -0.2) is 13.1 Å². The smallest absolute Gasteiger partial charge is 0.250 e. The lowest BCUT2D eigenvalue weighted by molar-refractivity contribution is -0.116. The molecule has 0 aliphatic heterocycles. The van der Waals surface area contributed by atoms with Gasteiger partial charge in [0.1, 0.15) is 9.97 Å². The lowest BCUT2D eigenvalue weighted by Crippen LogP contribution is -2.27. The minimum Gasteiger partial charge on any atom is -0.360 e. The van der Waals surface area contributed by atoms with E-state index in [0.717, 1.165) is 4.88 Å². The molecule has 1 amide bonds. The van der Waals surface area contributed by atoms with Gasteiger partial charge in [0, 0.05) is 23.9 Å².